The molecular formula is C19H22ClN3OS. The van der Waals surface area contributed by atoms with Gasteiger partial charge >= 0.3 is 0 Å². The molecule has 2 bridgehead atoms. The number of carbonyl (C=O) groups is 1. The third kappa shape index (κ3) is 3.59. The van der Waals surface area contributed by atoms with Gasteiger partial charge in [0.15, 0.2) is 0 Å². The maximum absolute atomic E-state index is 12.7. The predicted octanol–water partition coefficient (Wildman–Crippen LogP) is 3.75. The zero-order valence-corrected chi connectivity index (χ0v) is 15.8. The molecule has 0 spiro atoms. The monoisotopic (exact) mass is 375 g/mol. The zero-order chi connectivity index (χ0) is 17.4. The number of fused-ring (bicyclic) bond motifs is 2. The van der Waals surface area contributed by atoms with Crippen LogP contribution in [0.25, 0.3) is 10.6 Å². The molecule has 4 rings (SSSR count). The van der Waals surface area contributed by atoms with Crippen molar-refractivity contribution in [2.24, 2.45) is 0 Å². The van der Waals surface area contributed by atoms with Crippen LogP contribution in [0.2, 0.25) is 5.02 Å². The number of benzene rings is 1. The average molecular weight is 376 g/mol. The SMILES string of the molecule is CN(C(=O)Cc1csc(-c2ccccc2Cl)n1)C1CC2CCC(C1)N2. The Bertz CT molecular complexity index is 766. The number of amides is 1. The van der Waals surface area contributed by atoms with E-state index >= 15 is 0 Å². The summed E-state index contributed by atoms with van der Waals surface area (Å²) >= 11 is 7.79. The molecule has 2 unspecified atom stereocenters. The van der Waals surface area contributed by atoms with Gasteiger partial charge in [-0.2, -0.15) is 0 Å². The van der Waals surface area contributed by atoms with Crippen molar-refractivity contribution >= 4 is 28.8 Å². The van der Waals surface area contributed by atoms with E-state index in [4.69, 9.17) is 11.6 Å². The highest BCUT2D eigenvalue weighted by molar-refractivity contribution is 7.13. The van der Waals surface area contributed by atoms with E-state index in [9.17, 15) is 4.79 Å². The van der Waals surface area contributed by atoms with Crippen LogP contribution < -0.4 is 5.32 Å². The molecule has 2 saturated heterocycles. The zero-order valence-electron chi connectivity index (χ0n) is 14.2. The molecule has 0 saturated carbocycles. The van der Waals surface area contributed by atoms with E-state index in [1.807, 2.05) is 41.6 Å². The summed E-state index contributed by atoms with van der Waals surface area (Å²) in [7, 11) is 1.94. The number of carbonyl (C=O) groups excluding carboxylic acids is 1. The molecule has 6 heteroatoms. The van der Waals surface area contributed by atoms with Crippen molar-refractivity contribution in [1.82, 2.24) is 15.2 Å². The molecule has 0 radical (unpaired) electrons. The van der Waals surface area contributed by atoms with E-state index in [2.05, 4.69) is 10.3 Å². The molecule has 0 aliphatic carbocycles. The second kappa shape index (κ2) is 7.06. The minimum Gasteiger partial charge on any atom is -0.342 e. The molecule has 2 aliphatic heterocycles. The first-order chi connectivity index (χ1) is 12.1. The third-order valence-electron chi connectivity index (χ3n) is 5.38. The highest BCUT2D eigenvalue weighted by Gasteiger charge is 2.36. The first-order valence-corrected chi connectivity index (χ1v) is 10.1. The van der Waals surface area contributed by atoms with Gasteiger partial charge in [-0.3, -0.25) is 4.79 Å². The predicted molar refractivity (Wildman–Crippen MR) is 102 cm³/mol. The molecule has 1 aromatic heterocycles. The van der Waals surface area contributed by atoms with Gasteiger partial charge in [0, 0.05) is 36.1 Å². The number of aromatic nitrogens is 1. The standard InChI is InChI=1S/C19H22ClN3OS/c1-23(15-8-12-6-7-13(9-15)21-12)18(24)10-14-11-25-19(22-14)16-4-2-3-5-17(16)20/h2-5,11-13,15,21H,6-10H2,1H3. The van der Waals surface area contributed by atoms with E-state index in [0.29, 0.717) is 29.6 Å². The Hall–Kier alpha value is -1.43. The molecule has 25 heavy (non-hydrogen) atoms. The Kier molecular flexibility index (Phi) is 4.80. The van der Waals surface area contributed by atoms with Gasteiger partial charge in [-0.05, 0) is 31.7 Å². The van der Waals surface area contributed by atoms with Crippen molar-refractivity contribution in [1.29, 1.82) is 0 Å². The van der Waals surface area contributed by atoms with Crippen molar-refractivity contribution in [3.63, 3.8) is 0 Å². The summed E-state index contributed by atoms with van der Waals surface area (Å²) < 4.78 is 0. The minimum absolute atomic E-state index is 0.155. The second-order valence-electron chi connectivity index (χ2n) is 7.07. The minimum atomic E-state index is 0.155. The summed E-state index contributed by atoms with van der Waals surface area (Å²) in [6, 6.07) is 9.21. The van der Waals surface area contributed by atoms with Crippen molar-refractivity contribution in [2.75, 3.05) is 7.05 Å². The highest BCUT2D eigenvalue weighted by Crippen LogP contribution is 2.31. The van der Waals surface area contributed by atoms with Gasteiger partial charge < -0.3 is 10.2 Å². The first-order valence-electron chi connectivity index (χ1n) is 8.81. The van der Waals surface area contributed by atoms with Crippen molar-refractivity contribution in [3.8, 4) is 10.6 Å². The van der Waals surface area contributed by atoms with Gasteiger partial charge in [-0.15, -0.1) is 11.3 Å². The Labute approximate surface area is 157 Å². The number of hydrogen-bond acceptors (Lipinski definition) is 4. The van der Waals surface area contributed by atoms with E-state index in [1.165, 1.54) is 12.8 Å². The Morgan fingerprint density at radius 2 is 2.04 bits per heavy atom. The molecule has 1 N–H and O–H groups in total. The van der Waals surface area contributed by atoms with Crippen LogP contribution in [-0.2, 0) is 11.2 Å². The van der Waals surface area contributed by atoms with Crippen LogP contribution in [0.1, 0.15) is 31.4 Å². The van der Waals surface area contributed by atoms with Gasteiger partial charge in [0.2, 0.25) is 5.91 Å². The molecule has 1 amide bonds. The van der Waals surface area contributed by atoms with Gasteiger partial charge in [-0.1, -0.05) is 29.8 Å². The number of nitrogens with zero attached hydrogens (tertiary/aromatic N) is 2. The summed E-state index contributed by atoms with van der Waals surface area (Å²) in [5.41, 5.74) is 1.75. The summed E-state index contributed by atoms with van der Waals surface area (Å²) in [4.78, 5) is 19.3. The number of thiazole rings is 1. The van der Waals surface area contributed by atoms with Crippen LogP contribution in [0.15, 0.2) is 29.6 Å². The number of hydrogen-bond donors (Lipinski definition) is 1. The van der Waals surface area contributed by atoms with E-state index in [-0.39, 0.29) is 5.91 Å². The van der Waals surface area contributed by atoms with E-state index in [0.717, 1.165) is 29.1 Å². The molecular weight excluding hydrogens is 354 g/mol. The lowest BCUT2D eigenvalue weighted by Crippen LogP contribution is -2.49. The van der Waals surface area contributed by atoms with Crippen LogP contribution in [0, 0.1) is 0 Å². The normalized spacial score (nSPS) is 25.1. The summed E-state index contributed by atoms with van der Waals surface area (Å²) in [5.74, 6) is 0.155. The molecule has 132 valence electrons. The van der Waals surface area contributed by atoms with Crippen molar-refractivity contribution in [3.05, 3.63) is 40.4 Å². The Morgan fingerprint density at radius 3 is 2.76 bits per heavy atom. The molecule has 2 atom stereocenters. The van der Waals surface area contributed by atoms with E-state index < -0.39 is 0 Å². The Balaban J connectivity index is 1.42. The topological polar surface area (TPSA) is 45.2 Å². The van der Waals surface area contributed by atoms with Crippen molar-refractivity contribution < 1.29 is 4.79 Å². The smallest absolute Gasteiger partial charge is 0.228 e. The highest BCUT2D eigenvalue weighted by atomic mass is 35.5. The number of likely N-dealkylation sites (N-methyl/N-ethyl adjacent to an activating group) is 1. The molecule has 3 heterocycles. The number of nitrogens with one attached hydrogen (secondary N) is 1. The second-order valence-corrected chi connectivity index (χ2v) is 8.33. The molecule has 1 aromatic carbocycles. The molecule has 2 aromatic rings. The number of halogens is 1. The summed E-state index contributed by atoms with van der Waals surface area (Å²) in [6.07, 6.45) is 4.99. The first kappa shape index (κ1) is 17.0. The third-order valence-corrected chi connectivity index (χ3v) is 6.63. The maximum Gasteiger partial charge on any atom is 0.228 e. The fourth-order valence-corrected chi connectivity index (χ4v) is 5.11. The quantitative estimate of drug-likeness (QED) is 0.885. The lowest BCUT2D eigenvalue weighted by Gasteiger charge is -2.35. The van der Waals surface area contributed by atoms with Crippen molar-refractivity contribution in [2.45, 2.75) is 50.2 Å². The summed E-state index contributed by atoms with van der Waals surface area (Å²) in [6.45, 7) is 0. The Morgan fingerprint density at radius 1 is 1.32 bits per heavy atom. The van der Waals surface area contributed by atoms with Crippen LogP contribution in [0.3, 0.4) is 0 Å². The summed E-state index contributed by atoms with van der Waals surface area (Å²) in [5, 5.41) is 7.16. The maximum atomic E-state index is 12.7. The van der Waals surface area contributed by atoms with Gasteiger partial charge in [0.25, 0.3) is 0 Å². The van der Waals surface area contributed by atoms with Gasteiger partial charge in [0.05, 0.1) is 17.1 Å². The van der Waals surface area contributed by atoms with Crippen LogP contribution in [0.4, 0.5) is 0 Å². The lowest BCUT2D eigenvalue weighted by atomic mass is 9.98. The average Bonchev–Trinajstić information content (AvgIpc) is 3.20. The largest absolute Gasteiger partial charge is 0.342 e. The van der Waals surface area contributed by atoms with Gasteiger partial charge in [-0.25, -0.2) is 4.98 Å². The van der Waals surface area contributed by atoms with E-state index in [1.54, 1.807) is 11.3 Å². The molecule has 2 aliphatic rings. The van der Waals surface area contributed by atoms with Gasteiger partial charge in [0.1, 0.15) is 5.01 Å². The fraction of sp³-hybridized carbons (Fsp3) is 0.474. The lowest BCUT2D eigenvalue weighted by molar-refractivity contribution is -0.132. The van der Waals surface area contributed by atoms with Crippen LogP contribution >= 0.6 is 22.9 Å². The van der Waals surface area contributed by atoms with Crippen LogP contribution in [0.5, 0.6) is 0 Å². The fourth-order valence-electron chi connectivity index (χ4n) is 3.97. The molecule has 4 nitrogen and oxygen atoms in total. The van der Waals surface area contributed by atoms with Crippen LogP contribution in [-0.4, -0.2) is 41.0 Å². The molecule has 2 fully saturated rings. The number of piperidine rings is 1. The number of rotatable bonds is 4.